The fourth-order valence-corrected chi connectivity index (χ4v) is 1.32. The lowest BCUT2D eigenvalue weighted by atomic mass is 9.98. The molecule has 0 amide bonds. The number of aliphatic hydroxyl groups excluding tert-OH is 2. The van der Waals surface area contributed by atoms with Crippen LogP contribution in [0.25, 0.3) is 0 Å². The van der Waals surface area contributed by atoms with E-state index in [0.29, 0.717) is 6.04 Å². The van der Waals surface area contributed by atoms with Crippen molar-refractivity contribution in [3.05, 3.63) is 0 Å². The molecule has 3 heteroatoms. The minimum absolute atomic E-state index is 0.160. The van der Waals surface area contributed by atoms with Crippen molar-refractivity contribution >= 4 is 0 Å². The summed E-state index contributed by atoms with van der Waals surface area (Å²) in [6, 6.07) is 0.351. The van der Waals surface area contributed by atoms with Crippen molar-refractivity contribution in [3.63, 3.8) is 0 Å². The Morgan fingerprint density at radius 1 is 1.38 bits per heavy atom. The second kappa shape index (κ2) is 6.35. The molecule has 0 saturated heterocycles. The molecule has 0 aromatic carbocycles. The molecule has 3 N–H and O–H groups in total. The molecule has 0 heterocycles. The molecule has 0 spiro atoms. The van der Waals surface area contributed by atoms with E-state index >= 15 is 0 Å². The second-order valence-electron chi connectivity index (χ2n) is 3.98. The van der Waals surface area contributed by atoms with Crippen molar-refractivity contribution in [1.29, 1.82) is 0 Å². The fraction of sp³-hybridized carbons (Fsp3) is 1.00. The van der Waals surface area contributed by atoms with E-state index in [2.05, 4.69) is 19.2 Å². The zero-order chi connectivity index (χ0) is 10.3. The minimum Gasteiger partial charge on any atom is -0.396 e. The van der Waals surface area contributed by atoms with E-state index in [-0.39, 0.29) is 18.8 Å². The van der Waals surface area contributed by atoms with Crippen LogP contribution in [0.15, 0.2) is 0 Å². The molecule has 0 rings (SSSR count). The van der Waals surface area contributed by atoms with Crippen LogP contribution in [0, 0.1) is 0 Å². The smallest absolute Gasteiger partial charge is 0.0610 e. The first kappa shape index (κ1) is 12.9. The Morgan fingerprint density at radius 2 is 2.00 bits per heavy atom. The summed E-state index contributed by atoms with van der Waals surface area (Å²) in [5, 5.41) is 21.2. The van der Waals surface area contributed by atoms with Gasteiger partial charge in [0.15, 0.2) is 0 Å². The molecule has 0 fully saturated rings. The molecule has 0 bridgehead atoms. The monoisotopic (exact) mass is 189 g/mol. The molecule has 13 heavy (non-hydrogen) atoms. The standard InChI is InChI=1S/C10H23NO2/c1-4-10(3,8-13)11-9(2)6-5-7-12/h9,11-13H,4-8H2,1-3H3. The number of nitrogens with one attached hydrogen (secondary N) is 1. The molecule has 0 aliphatic rings. The average molecular weight is 189 g/mol. The molecule has 80 valence electrons. The molecule has 0 aliphatic carbocycles. The third-order valence-electron chi connectivity index (χ3n) is 2.52. The Morgan fingerprint density at radius 3 is 2.38 bits per heavy atom. The van der Waals surface area contributed by atoms with Gasteiger partial charge in [-0.25, -0.2) is 0 Å². The molecule has 0 radical (unpaired) electrons. The number of aliphatic hydroxyl groups is 2. The van der Waals surface area contributed by atoms with Gasteiger partial charge in [-0.15, -0.1) is 0 Å². The maximum Gasteiger partial charge on any atom is 0.0610 e. The third-order valence-corrected chi connectivity index (χ3v) is 2.52. The van der Waals surface area contributed by atoms with Crippen LogP contribution in [-0.4, -0.2) is 35.0 Å². The SMILES string of the molecule is CCC(C)(CO)NC(C)CCCO. The van der Waals surface area contributed by atoms with Gasteiger partial charge in [0.25, 0.3) is 0 Å². The van der Waals surface area contributed by atoms with Crippen molar-refractivity contribution in [1.82, 2.24) is 5.32 Å². The van der Waals surface area contributed by atoms with Crippen LogP contribution in [0.5, 0.6) is 0 Å². The molecule has 2 unspecified atom stereocenters. The second-order valence-corrected chi connectivity index (χ2v) is 3.98. The highest BCUT2D eigenvalue weighted by atomic mass is 16.3. The fourth-order valence-electron chi connectivity index (χ4n) is 1.32. The van der Waals surface area contributed by atoms with Gasteiger partial charge in [0.05, 0.1) is 6.61 Å². The largest absolute Gasteiger partial charge is 0.396 e. The van der Waals surface area contributed by atoms with E-state index in [1.54, 1.807) is 0 Å². The maximum atomic E-state index is 9.15. The number of rotatable bonds is 7. The predicted octanol–water partition coefficient (Wildman–Crippen LogP) is 0.898. The quantitative estimate of drug-likeness (QED) is 0.557. The highest BCUT2D eigenvalue weighted by molar-refractivity contribution is 4.83. The van der Waals surface area contributed by atoms with Crippen LogP contribution in [0.3, 0.4) is 0 Å². The highest BCUT2D eigenvalue weighted by Gasteiger charge is 2.22. The van der Waals surface area contributed by atoms with Gasteiger partial charge >= 0.3 is 0 Å². The van der Waals surface area contributed by atoms with Crippen LogP contribution in [-0.2, 0) is 0 Å². The lowest BCUT2D eigenvalue weighted by Gasteiger charge is -2.31. The van der Waals surface area contributed by atoms with Gasteiger partial charge in [0, 0.05) is 18.2 Å². The first-order chi connectivity index (χ1) is 6.08. The van der Waals surface area contributed by atoms with E-state index in [1.807, 2.05) is 6.92 Å². The molecular formula is C10H23NO2. The topological polar surface area (TPSA) is 52.5 Å². The zero-order valence-corrected chi connectivity index (χ0v) is 9.01. The molecule has 3 nitrogen and oxygen atoms in total. The van der Waals surface area contributed by atoms with Gasteiger partial charge in [-0.2, -0.15) is 0 Å². The summed E-state index contributed by atoms with van der Waals surface area (Å²) >= 11 is 0. The Kier molecular flexibility index (Phi) is 6.29. The highest BCUT2D eigenvalue weighted by Crippen LogP contribution is 2.10. The molecular weight excluding hydrogens is 166 g/mol. The van der Waals surface area contributed by atoms with E-state index in [1.165, 1.54) is 0 Å². The molecule has 0 aliphatic heterocycles. The van der Waals surface area contributed by atoms with Crippen LogP contribution < -0.4 is 5.32 Å². The van der Waals surface area contributed by atoms with Crippen LogP contribution in [0.4, 0.5) is 0 Å². The molecule has 0 aromatic rings. The average Bonchev–Trinajstić information content (AvgIpc) is 2.14. The summed E-state index contributed by atoms with van der Waals surface area (Å²) < 4.78 is 0. The van der Waals surface area contributed by atoms with E-state index in [9.17, 15) is 0 Å². The van der Waals surface area contributed by atoms with Crippen molar-refractivity contribution < 1.29 is 10.2 Å². The Balaban J connectivity index is 3.79. The van der Waals surface area contributed by atoms with E-state index in [4.69, 9.17) is 10.2 Å². The first-order valence-electron chi connectivity index (χ1n) is 5.07. The van der Waals surface area contributed by atoms with Crippen molar-refractivity contribution in [3.8, 4) is 0 Å². The summed E-state index contributed by atoms with van der Waals surface area (Å²) in [4.78, 5) is 0. The number of hydrogen-bond donors (Lipinski definition) is 3. The van der Waals surface area contributed by atoms with Crippen LogP contribution in [0.1, 0.15) is 40.0 Å². The van der Waals surface area contributed by atoms with Gasteiger partial charge in [0.2, 0.25) is 0 Å². The Bertz CT molecular complexity index is 124. The van der Waals surface area contributed by atoms with Crippen molar-refractivity contribution in [2.24, 2.45) is 0 Å². The van der Waals surface area contributed by atoms with Gasteiger partial charge in [-0.1, -0.05) is 6.92 Å². The number of hydrogen-bond acceptors (Lipinski definition) is 3. The lowest BCUT2D eigenvalue weighted by Crippen LogP contribution is -2.49. The minimum atomic E-state index is -0.172. The third kappa shape index (κ3) is 5.24. The molecule has 0 aromatic heterocycles. The molecule has 2 atom stereocenters. The van der Waals surface area contributed by atoms with Gasteiger partial charge in [-0.05, 0) is 33.1 Å². The van der Waals surface area contributed by atoms with E-state index < -0.39 is 0 Å². The first-order valence-corrected chi connectivity index (χ1v) is 5.07. The Hall–Kier alpha value is -0.120. The van der Waals surface area contributed by atoms with Gasteiger partial charge in [0.1, 0.15) is 0 Å². The van der Waals surface area contributed by atoms with Crippen molar-refractivity contribution in [2.45, 2.75) is 51.6 Å². The van der Waals surface area contributed by atoms with Gasteiger partial charge < -0.3 is 15.5 Å². The van der Waals surface area contributed by atoms with Crippen LogP contribution in [0.2, 0.25) is 0 Å². The zero-order valence-electron chi connectivity index (χ0n) is 9.01. The normalized spacial score (nSPS) is 18.2. The summed E-state index contributed by atoms with van der Waals surface area (Å²) in [6.45, 7) is 6.56. The summed E-state index contributed by atoms with van der Waals surface area (Å²) in [5.74, 6) is 0. The summed E-state index contributed by atoms with van der Waals surface area (Å²) in [6.07, 6.45) is 2.68. The summed E-state index contributed by atoms with van der Waals surface area (Å²) in [7, 11) is 0. The lowest BCUT2D eigenvalue weighted by molar-refractivity contribution is 0.155. The predicted molar refractivity (Wildman–Crippen MR) is 54.7 cm³/mol. The maximum absolute atomic E-state index is 9.15. The summed E-state index contributed by atoms with van der Waals surface area (Å²) in [5.41, 5.74) is -0.172. The molecule has 0 saturated carbocycles. The van der Waals surface area contributed by atoms with E-state index in [0.717, 1.165) is 19.3 Å². The van der Waals surface area contributed by atoms with Crippen molar-refractivity contribution in [2.75, 3.05) is 13.2 Å². The van der Waals surface area contributed by atoms with Gasteiger partial charge in [-0.3, -0.25) is 0 Å². The Labute approximate surface area is 81.2 Å². The van der Waals surface area contributed by atoms with Crippen LogP contribution >= 0.6 is 0 Å².